The fourth-order valence-electron chi connectivity index (χ4n) is 2.30. The van der Waals surface area contributed by atoms with Gasteiger partial charge in [0.1, 0.15) is 11.6 Å². The summed E-state index contributed by atoms with van der Waals surface area (Å²) < 4.78 is 37.5. The van der Waals surface area contributed by atoms with Gasteiger partial charge in [0.2, 0.25) is 5.89 Å². The zero-order chi connectivity index (χ0) is 17.8. The van der Waals surface area contributed by atoms with Crippen LogP contribution in [0.3, 0.4) is 0 Å². The topological polar surface area (TPSA) is 77.0 Å². The number of aromatic nitrogens is 3. The van der Waals surface area contributed by atoms with Crippen LogP contribution in [0.1, 0.15) is 24.5 Å². The van der Waals surface area contributed by atoms with E-state index in [0.29, 0.717) is 36.9 Å². The van der Waals surface area contributed by atoms with Crippen molar-refractivity contribution in [1.82, 2.24) is 20.4 Å². The molecule has 0 aliphatic carbocycles. The van der Waals surface area contributed by atoms with Gasteiger partial charge in [-0.2, -0.15) is 4.98 Å². The van der Waals surface area contributed by atoms with Gasteiger partial charge in [-0.1, -0.05) is 5.16 Å². The van der Waals surface area contributed by atoms with E-state index in [9.17, 15) is 8.78 Å². The lowest BCUT2D eigenvalue weighted by molar-refractivity contribution is 0.366. The molecule has 0 bridgehead atoms. The van der Waals surface area contributed by atoms with Crippen LogP contribution in [-0.4, -0.2) is 28.2 Å². The van der Waals surface area contributed by atoms with Crippen molar-refractivity contribution >= 4 is 0 Å². The standard InChI is InChI=1S/C17H18F2N4O2/c1-10(20-2)7-15-22-17(25-23-15)6-5-16-21-9-14(24-16)12-4-3-11(18)8-13(12)19/h3-4,8-10,20H,5-7H2,1-2H3. The van der Waals surface area contributed by atoms with Gasteiger partial charge >= 0.3 is 0 Å². The molecule has 0 aliphatic heterocycles. The first-order valence-corrected chi connectivity index (χ1v) is 7.94. The van der Waals surface area contributed by atoms with E-state index in [1.165, 1.54) is 18.3 Å². The molecule has 2 aromatic heterocycles. The zero-order valence-corrected chi connectivity index (χ0v) is 13.9. The summed E-state index contributed by atoms with van der Waals surface area (Å²) in [6.45, 7) is 2.03. The number of nitrogens with zero attached hydrogens (tertiary/aromatic N) is 3. The highest BCUT2D eigenvalue weighted by Crippen LogP contribution is 2.24. The largest absolute Gasteiger partial charge is 0.441 e. The molecule has 6 nitrogen and oxygen atoms in total. The average Bonchev–Trinajstić information content (AvgIpc) is 3.22. The number of likely N-dealkylation sites (N-methyl/N-ethyl adjacent to an activating group) is 1. The first-order chi connectivity index (χ1) is 12.0. The van der Waals surface area contributed by atoms with Crippen molar-refractivity contribution < 1.29 is 17.7 Å². The minimum Gasteiger partial charge on any atom is -0.441 e. The number of benzene rings is 1. The van der Waals surface area contributed by atoms with Crippen LogP contribution in [0, 0.1) is 11.6 Å². The molecule has 0 saturated carbocycles. The maximum absolute atomic E-state index is 13.8. The van der Waals surface area contributed by atoms with Crippen molar-refractivity contribution in [3.8, 4) is 11.3 Å². The van der Waals surface area contributed by atoms with Crippen LogP contribution < -0.4 is 5.32 Å². The number of aryl methyl sites for hydroxylation is 2. The van der Waals surface area contributed by atoms with Gasteiger partial charge in [0.15, 0.2) is 17.5 Å². The van der Waals surface area contributed by atoms with E-state index >= 15 is 0 Å². The number of hydrogen-bond acceptors (Lipinski definition) is 6. The van der Waals surface area contributed by atoms with Gasteiger partial charge in [0, 0.05) is 31.4 Å². The summed E-state index contributed by atoms with van der Waals surface area (Å²) in [5.74, 6) is 0.469. The van der Waals surface area contributed by atoms with Crippen LogP contribution in [0.5, 0.6) is 0 Å². The Morgan fingerprint density at radius 3 is 2.76 bits per heavy atom. The van der Waals surface area contributed by atoms with Crippen LogP contribution in [0.15, 0.2) is 33.3 Å². The molecule has 0 aliphatic rings. The van der Waals surface area contributed by atoms with Crippen molar-refractivity contribution in [3.05, 3.63) is 53.6 Å². The van der Waals surface area contributed by atoms with Gasteiger partial charge in [-0.05, 0) is 26.1 Å². The Hall–Kier alpha value is -2.61. The fourth-order valence-corrected chi connectivity index (χ4v) is 2.30. The van der Waals surface area contributed by atoms with Crippen LogP contribution in [0.4, 0.5) is 8.78 Å². The smallest absolute Gasteiger partial charge is 0.227 e. The number of hydrogen-bond donors (Lipinski definition) is 1. The molecule has 0 fully saturated rings. The molecule has 3 aromatic rings. The van der Waals surface area contributed by atoms with Gasteiger partial charge in [-0.3, -0.25) is 0 Å². The number of halogens is 2. The van der Waals surface area contributed by atoms with Crippen LogP contribution in [-0.2, 0) is 19.3 Å². The van der Waals surface area contributed by atoms with E-state index < -0.39 is 11.6 Å². The van der Waals surface area contributed by atoms with E-state index in [0.717, 1.165) is 6.07 Å². The fraction of sp³-hybridized carbons (Fsp3) is 0.353. The lowest BCUT2D eigenvalue weighted by Crippen LogP contribution is -2.24. The molecule has 0 radical (unpaired) electrons. The SMILES string of the molecule is CNC(C)Cc1noc(CCc2ncc(-c3ccc(F)cc3F)o2)n1. The highest BCUT2D eigenvalue weighted by atomic mass is 19.1. The van der Waals surface area contributed by atoms with Gasteiger partial charge in [0.05, 0.1) is 11.8 Å². The molecule has 25 heavy (non-hydrogen) atoms. The van der Waals surface area contributed by atoms with E-state index in [1.807, 2.05) is 14.0 Å². The third-order valence-corrected chi connectivity index (χ3v) is 3.79. The molecule has 0 saturated heterocycles. The highest BCUT2D eigenvalue weighted by molar-refractivity contribution is 5.57. The highest BCUT2D eigenvalue weighted by Gasteiger charge is 2.14. The Labute approximate surface area is 143 Å². The Morgan fingerprint density at radius 1 is 1.20 bits per heavy atom. The molecular formula is C17H18F2N4O2. The second-order valence-corrected chi connectivity index (χ2v) is 5.74. The van der Waals surface area contributed by atoms with Crippen LogP contribution >= 0.6 is 0 Å². The summed E-state index contributed by atoms with van der Waals surface area (Å²) in [5, 5.41) is 7.03. The lowest BCUT2D eigenvalue weighted by Gasteiger charge is -2.04. The summed E-state index contributed by atoms with van der Waals surface area (Å²) >= 11 is 0. The Balaban J connectivity index is 1.62. The number of oxazole rings is 1. The van der Waals surface area contributed by atoms with Gasteiger partial charge < -0.3 is 14.3 Å². The molecule has 0 amide bonds. The minimum atomic E-state index is -0.692. The predicted octanol–water partition coefficient (Wildman–Crippen LogP) is 2.94. The van der Waals surface area contributed by atoms with Gasteiger partial charge in [-0.25, -0.2) is 13.8 Å². The summed E-state index contributed by atoms with van der Waals surface area (Å²) in [4.78, 5) is 8.43. The monoisotopic (exact) mass is 348 g/mol. The third kappa shape index (κ3) is 4.27. The third-order valence-electron chi connectivity index (χ3n) is 3.79. The molecule has 3 rings (SSSR count). The summed E-state index contributed by atoms with van der Waals surface area (Å²) in [6.07, 6.45) is 2.99. The quantitative estimate of drug-likeness (QED) is 0.707. The molecule has 1 N–H and O–H groups in total. The van der Waals surface area contributed by atoms with Crippen molar-refractivity contribution in [2.45, 2.75) is 32.2 Å². The van der Waals surface area contributed by atoms with Gasteiger partial charge in [0.25, 0.3) is 0 Å². The van der Waals surface area contributed by atoms with Crippen molar-refractivity contribution in [3.63, 3.8) is 0 Å². The first kappa shape index (κ1) is 17.2. The summed E-state index contributed by atoms with van der Waals surface area (Å²) in [5.41, 5.74) is 0.168. The Kier molecular flexibility index (Phi) is 5.18. The van der Waals surface area contributed by atoms with Crippen LogP contribution in [0.2, 0.25) is 0 Å². The molecule has 8 heteroatoms. The predicted molar refractivity (Wildman–Crippen MR) is 85.8 cm³/mol. The van der Waals surface area contributed by atoms with Crippen molar-refractivity contribution in [2.24, 2.45) is 0 Å². The van der Waals surface area contributed by atoms with Gasteiger partial charge in [-0.15, -0.1) is 0 Å². The normalized spacial score (nSPS) is 12.5. The molecule has 2 heterocycles. The molecule has 1 aromatic carbocycles. The van der Waals surface area contributed by atoms with Crippen molar-refractivity contribution in [2.75, 3.05) is 7.05 Å². The Morgan fingerprint density at radius 2 is 2.00 bits per heavy atom. The van der Waals surface area contributed by atoms with Crippen molar-refractivity contribution in [1.29, 1.82) is 0 Å². The zero-order valence-electron chi connectivity index (χ0n) is 13.9. The van der Waals surface area contributed by atoms with E-state index in [-0.39, 0.29) is 17.4 Å². The first-order valence-electron chi connectivity index (χ1n) is 7.94. The molecule has 0 spiro atoms. The maximum atomic E-state index is 13.8. The Bertz CT molecular complexity index is 847. The minimum absolute atomic E-state index is 0.168. The number of nitrogens with one attached hydrogen (secondary N) is 1. The second-order valence-electron chi connectivity index (χ2n) is 5.74. The van der Waals surface area contributed by atoms with E-state index in [2.05, 4.69) is 20.4 Å². The molecule has 1 unspecified atom stereocenters. The molecular weight excluding hydrogens is 330 g/mol. The lowest BCUT2D eigenvalue weighted by atomic mass is 10.2. The van der Waals surface area contributed by atoms with Crippen LogP contribution in [0.25, 0.3) is 11.3 Å². The average molecular weight is 348 g/mol. The van der Waals surface area contributed by atoms with E-state index in [1.54, 1.807) is 0 Å². The van der Waals surface area contributed by atoms with E-state index in [4.69, 9.17) is 8.94 Å². The summed E-state index contributed by atoms with van der Waals surface area (Å²) in [7, 11) is 1.87. The molecule has 132 valence electrons. The number of rotatable bonds is 7. The summed E-state index contributed by atoms with van der Waals surface area (Å²) in [6, 6.07) is 3.56. The second kappa shape index (κ2) is 7.52. The molecule has 1 atom stereocenters. The maximum Gasteiger partial charge on any atom is 0.227 e.